The minimum atomic E-state index is -0.184. The van der Waals surface area contributed by atoms with Crippen molar-refractivity contribution in [2.45, 2.75) is 33.2 Å². The molecule has 0 saturated carbocycles. The largest absolute Gasteiger partial charge is 0.354 e. The predicted molar refractivity (Wildman–Crippen MR) is 137 cm³/mol. The molecule has 8 nitrogen and oxygen atoms in total. The van der Waals surface area contributed by atoms with Gasteiger partial charge in [-0.15, -0.1) is 0 Å². The number of aromatic amines is 1. The van der Waals surface area contributed by atoms with Gasteiger partial charge >= 0.3 is 0 Å². The highest BCUT2D eigenvalue weighted by Crippen LogP contribution is 2.26. The van der Waals surface area contributed by atoms with Crippen molar-refractivity contribution in [1.29, 1.82) is 0 Å². The lowest BCUT2D eigenvalue weighted by atomic mass is 9.95. The third kappa shape index (κ3) is 4.74. The van der Waals surface area contributed by atoms with E-state index in [0.29, 0.717) is 11.5 Å². The predicted octanol–water partition coefficient (Wildman–Crippen LogP) is 3.94. The molecule has 5 rings (SSSR count). The topological polar surface area (TPSA) is 103 Å². The van der Waals surface area contributed by atoms with E-state index in [2.05, 4.69) is 43.7 Å². The summed E-state index contributed by atoms with van der Waals surface area (Å²) in [4.78, 5) is 31.7. The van der Waals surface area contributed by atoms with Gasteiger partial charge in [0.05, 0.1) is 11.0 Å². The van der Waals surface area contributed by atoms with Gasteiger partial charge in [-0.3, -0.25) is 19.6 Å². The van der Waals surface area contributed by atoms with E-state index in [1.807, 2.05) is 37.3 Å². The number of aryl methyl sites for hydroxylation is 2. The minimum absolute atomic E-state index is 0.0205. The Morgan fingerprint density at radius 3 is 2.66 bits per heavy atom. The minimum Gasteiger partial charge on any atom is -0.354 e. The van der Waals surface area contributed by atoms with E-state index >= 15 is 0 Å². The summed E-state index contributed by atoms with van der Waals surface area (Å²) in [6.45, 7) is 6.67. The lowest BCUT2D eigenvalue weighted by Crippen LogP contribution is -2.38. The number of nitrogens with zero attached hydrogens (tertiary/aromatic N) is 3. The third-order valence-corrected chi connectivity index (χ3v) is 6.92. The molecule has 0 atom stereocenters. The molecule has 8 heteroatoms. The molecule has 0 radical (unpaired) electrons. The van der Waals surface area contributed by atoms with Crippen molar-refractivity contribution in [3.05, 3.63) is 64.8 Å². The van der Waals surface area contributed by atoms with Crippen molar-refractivity contribution in [2.24, 2.45) is 5.92 Å². The maximum absolute atomic E-state index is 12.9. The summed E-state index contributed by atoms with van der Waals surface area (Å²) in [5.41, 5.74) is 5.70. The molecule has 1 aliphatic heterocycles. The van der Waals surface area contributed by atoms with E-state index in [4.69, 9.17) is 0 Å². The van der Waals surface area contributed by atoms with Crippen LogP contribution in [-0.2, 0) is 11.3 Å². The highest BCUT2D eigenvalue weighted by Gasteiger charge is 2.26. The van der Waals surface area contributed by atoms with Crippen molar-refractivity contribution in [3.63, 3.8) is 0 Å². The number of aromatic nitrogens is 3. The number of hydrogen-bond acceptors (Lipinski definition) is 5. The van der Waals surface area contributed by atoms with Crippen molar-refractivity contribution in [3.8, 4) is 0 Å². The molecule has 0 aliphatic carbocycles. The Morgan fingerprint density at radius 1 is 1.09 bits per heavy atom. The van der Waals surface area contributed by atoms with Crippen molar-refractivity contribution in [1.82, 2.24) is 25.4 Å². The van der Waals surface area contributed by atoms with Crippen LogP contribution in [0.4, 0.5) is 5.82 Å². The maximum atomic E-state index is 12.9. The van der Waals surface area contributed by atoms with Crippen molar-refractivity contribution < 1.29 is 9.59 Å². The van der Waals surface area contributed by atoms with Gasteiger partial charge in [-0.2, -0.15) is 5.10 Å². The van der Waals surface area contributed by atoms with Gasteiger partial charge in [0.1, 0.15) is 5.69 Å². The number of piperidine rings is 1. The van der Waals surface area contributed by atoms with Crippen LogP contribution in [0.3, 0.4) is 0 Å². The Morgan fingerprint density at radius 2 is 1.89 bits per heavy atom. The van der Waals surface area contributed by atoms with Gasteiger partial charge in [0.15, 0.2) is 5.82 Å². The molecule has 0 bridgehead atoms. The van der Waals surface area contributed by atoms with Gasteiger partial charge in [0, 0.05) is 30.3 Å². The lowest BCUT2D eigenvalue weighted by molar-refractivity contribution is -0.121. The summed E-state index contributed by atoms with van der Waals surface area (Å²) >= 11 is 0. The Hall–Kier alpha value is -3.78. The number of fused-ring (bicyclic) bond motifs is 2. The van der Waals surface area contributed by atoms with Crippen LogP contribution in [0.25, 0.3) is 21.8 Å². The van der Waals surface area contributed by atoms with E-state index in [-0.39, 0.29) is 17.7 Å². The average molecular weight is 471 g/mol. The second-order valence-electron chi connectivity index (χ2n) is 9.41. The Labute approximate surface area is 204 Å². The molecule has 3 N–H and O–H groups in total. The first kappa shape index (κ1) is 23.0. The number of nitrogens with one attached hydrogen (secondary N) is 3. The zero-order chi connectivity index (χ0) is 24.5. The second-order valence-corrected chi connectivity index (χ2v) is 9.41. The Kier molecular flexibility index (Phi) is 6.21. The number of H-pyrrole nitrogens is 1. The number of benzene rings is 2. The summed E-state index contributed by atoms with van der Waals surface area (Å²) in [5, 5.41) is 14.9. The zero-order valence-corrected chi connectivity index (χ0v) is 20.3. The first-order valence-electron chi connectivity index (χ1n) is 12.0. The third-order valence-electron chi connectivity index (χ3n) is 6.92. The first-order valence-corrected chi connectivity index (χ1v) is 12.0. The molecule has 1 aliphatic rings. The van der Waals surface area contributed by atoms with Crippen LogP contribution in [-0.4, -0.2) is 52.0 Å². The van der Waals surface area contributed by atoms with Gasteiger partial charge in [-0.05, 0) is 81.2 Å². The van der Waals surface area contributed by atoms with E-state index in [1.54, 1.807) is 13.1 Å². The molecule has 3 heterocycles. The van der Waals surface area contributed by atoms with Crippen LogP contribution in [0.5, 0.6) is 0 Å². The zero-order valence-electron chi connectivity index (χ0n) is 20.3. The number of amides is 2. The number of hydrogen-bond donors (Lipinski definition) is 3. The molecule has 2 aromatic carbocycles. The quantitative estimate of drug-likeness (QED) is 0.410. The molecule has 1 saturated heterocycles. The van der Waals surface area contributed by atoms with Gasteiger partial charge in [-0.25, -0.2) is 4.98 Å². The number of carbonyl (C=O) groups is 2. The van der Waals surface area contributed by atoms with E-state index in [0.717, 1.165) is 65.4 Å². The number of carbonyl (C=O) groups excluding carboxylic acids is 2. The summed E-state index contributed by atoms with van der Waals surface area (Å²) in [6, 6.07) is 14.0. The molecule has 35 heavy (non-hydrogen) atoms. The fourth-order valence-corrected chi connectivity index (χ4v) is 4.78. The fourth-order valence-electron chi connectivity index (χ4n) is 4.78. The number of likely N-dealkylation sites (tertiary alicyclic amines) is 1. The molecular weight excluding hydrogens is 440 g/mol. The van der Waals surface area contributed by atoms with E-state index in [9.17, 15) is 9.59 Å². The Bertz CT molecular complexity index is 1420. The molecule has 180 valence electrons. The van der Waals surface area contributed by atoms with Crippen LogP contribution >= 0.6 is 0 Å². The molecule has 4 aromatic rings. The second kappa shape index (κ2) is 9.46. The lowest BCUT2D eigenvalue weighted by Gasteiger charge is -2.31. The van der Waals surface area contributed by atoms with Crippen LogP contribution in [0.15, 0.2) is 42.5 Å². The average Bonchev–Trinajstić information content (AvgIpc) is 3.25. The molecule has 0 spiro atoms. The van der Waals surface area contributed by atoms with Gasteiger partial charge in [-0.1, -0.05) is 17.7 Å². The number of pyridine rings is 1. The van der Waals surface area contributed by atoms with Crippen LogP contribution in [0.2, 0.25) is 0 Å². The monoisotopic (exact) mass is 470 g/mol. The standard InChI is InChI=1S/C27H30N6O2/c1-16-4-6-22-21(12-16)25(32-31-22)30-26(34)18-8-10-33(11-9-18)15-20-14-19-5-7-23(27(35)28-3)29-24(19)13-17(20)2/h4-7,12-14,18H,8-11,15H2,1-3H3,(H,28,35)(H2,30,31,32,34). The molecule has 0 unspecified atom stereocenters. The maximum Gasteiger partial charge on any atom is 0.269 e. The Balaban J connectivity index is 1.21. The number of rotatable bonds is 5. The van der Waals surface area contributed by atoms with Crippen molar-refractivity contribution >= 4 is 39.4 Å². The summed E-state index contributed by atoms with van der Waals surface area (Å²) in [5.74, 6) is 0.444. The SMILES string of the molecule is CNC(=O)c1ccc2cc(CN3CCC(C(=O)Nc4n[nH]c5ccc(C)cc45)CC3)c(C)cc2n1. The summed E-state index contributed by atoms with van der Waals surface area (Å²) in [7, 11) is 1.61. The molecule has 1 fully saturated rings. The van der Waals surface area contributed by atoms with Crippen LogP contribution in [0.1, 0.15) is 40.0 Å². The summed E-state index contributed by atoms with van der Waals surface area (Å²) < 4.78 is 0. The van der Waals surface area contributed by atoms with E-state index < -0.39 is 0 Å². The first-order chi connectivity index (χ1) is 16.9. The van der Waals surface area contributed by atoms with E-state index in [1.165, 1.54) is 5.56 Å². The summed E-state index contributed by atoms with van der Waals surface area (Å²) in [6.07, 6.45) is 1.63. The highest BCUT2D eigenvalue weighted by molar-refractivity contribution is 6.00. The molecule has 2 amide bonds. The van der Waals surface area contributed by atoms with Crippen LogP contribution in [0, 0.1) is 19.8 Å². The molecule has 2 aromatic heterocycles. The van der Waals surface area contributed by atoms with Gasteiger partial charge in [0.25, 0.3) is 5.91 Å². The smallest absolute Gasteiger partial charge is 0.269 e. The van der Waals surface area contributed by atoms with Gasteiger partial charge < -0.3 is 10.6 Å². The van der Waals surface area contributed by atoms with Crippen LogP contribution < -0.4 is 10.6 Å². The highest BCUT2D eigenvalue weighted by atomic mass is 16.2. The fraction of sp³-hybridized carbons (Fsp3) is 0.333. The van der Waals surface area contributed by atoms with Gasteiger partial charge in [0.2, 0.25) is 5.91 Å². The number of anilines is 1. The normalized spacial score (nSPS) is 14.9. The van der Waals surface area contributed by atoms with Crippen molar-refractivity contribution in [2.75, 3.05) is 25.5 Å². The molecular formula is C27H30N6O2.